The van der Waals surface area contributed by atoms with Gasteiger partial charge in [0.1, 0.15) is 11.5 Å². The molecule has 8 heteroatoms. The first kappa shape index (κ1) is 18.0. The van der Waals surface area contributed by atoms with Gasteiger partial charge < -0.3 is 14.8 Å². The summed E-state index contributed by atoms with van der Waals surface area (Å²) >= 11 is 0. The molecule has 0 aliphatic heterocycles. The third-order valence-electron chi connectivity index (χ3n) is 4.63. The van der Waals surface area contributed by atoms with Gasteiger partial charge >= 0.3 is 0 Å². The van der Waals surface area contributed by atoms with Crippen LogP contribution in [0.4, 0.5) is 5.69 Å². The summed E-state index contributed by atoms with van der Waals surface area (Å²) in [5.74, 6) is 1.89. The van der Waals surface area contributed by atoms with Crippen molar-refractivity contribution in [1.82, 2.24) is 20.2 Å². The van der Waals surface area contributed by atoms with E-state index in [2.05, 4.69) is 20.8 Å². The van der Waals surface area contributed by atoms with E-state index in [9.17, 15) is 4.79 Å². The van der Waals surface area contributed by atoms with Crippen LogP contribution in [0, 0.1) is 0 Å². The zero-order valence-electron chi connectivity index (χ0n) is 15.8. The number of methoxy groups -OCH3 is 2. The molecule has 8 nitrogen and oxygen atoms in total. The van der Waals surface area contributed by atoms with Crippen LogP contribution in [-0.4, -0.2) is 40.3 Å². The molecule has 0 unspecified atom stereocenters. The summed E-state index contributed by atoms with van der Waals surface area (Å²) in [6.45, 7) is 0. The lowest BCUT2D eigenvalue weighted by Gasteiger charge is -2.11. The van der Waals surface area contributed by atoms with Crippen molar-refractivity contribution in [1.29, 1.82) is 0 Å². The summed E-state index contributed by atoms with van der Waals surface area (Å²) in [5, 5.41) is 14.9. The maximum Gasteiger partial charge on any atom is 0.228 e. The predicted molar refractivity (Wildman–Crippen MR) is 103 cm³/mol. The molecule has 1 aliphatic rings. The van der Waals surface area contributed by atoms with Crippen molar-refractivity contribution >= 4 is 11.6 Å². The number of amides is 1. The van der Waals surface area contributed by atoms with Gasteiger partial charge in [-0.05, 0) is 53.6 Å². The van der Waals surface area contributed by atoms with E-state index in [0.29, 0.717) is 29.1 Å². The summed E-state index contributed by atoms with van der Waals surface area (Å²) in [6.07, 6.45) is 2.36. The Balaban J connectivity index is 1.50. The van der Waals surface area contributed by atoms with Crippen molar-refractivity contribution < 1.29 is 14.3 Å². The second-order valence-electron chi connectivity index (χ2n) is 6.66. The number of nitrogens with one attached hydrogen (secondary N) is 1. The zero-order valence-corrected chi connectivity index (χ0v) is 15.8. The third kappa shape index (κ3) is 3.80. The van der Waals surface area contributed by atoms with Gasteiger partial charge in [-0.15, -0.1) is 5.10 Å². The third-order valence-corrected chi connectivity index (χ3v) is 4.63. The molecule has 4 rings (SSSR count). The van der Waals surface area contributed by atoms with Crippen molar-refractivity contribution in [2.45, 2.75) is 25.3 Å². The molecule has 1 saturated carbocycles. The van der Waals surface area contributed by atoms with Gasteiger partial charge in [-0.25, -0.2) is 4.68 Å². The summed E-state index contributed by atoms with van der Waals surface area (Å²) in [7, 11) is 3.17. The Labute approximate surface area is 162 Å². The summed E-state index contributed by atoms with van der Waals surface area (Å²) in [5.41, 5.74) is 2.32. The SMILES string of the molecule is COc1ccc(OC)c(CC(=O)Nc2cccc(-c3nnnn3C3CC3)c2)c1. The number of anilines is 1. The summed E-state index contributed by atoms with van der Waals surface area (Å²) in [4.78, 5) is 12.6. The van der Waals surface area contributed by atoms with Crippen LogP contribution >= 0.6 is 0 Å². The van der Waals surface area contributed by atoms with Crippen LogP contribution in [0.2, 0.25) is 0 Å². The molecule has 1 aromatic heterocycles. The first-order valence-corrected chi connectivity index (χ1v) is 9.07. The molecular weight excluding hydrogens is 358 g/mol. The number of ether oxygens (including phenoxy) is 2. The zero-order chi connectivity index (χ0) is 19.5. The quantitative estimate of drug-likeness (QED) is 0.679. The van der Waals surface area contributed by atoms with Crippen LogP contribution in [-0.2, 0) is 11.2 Å². The van der Waals surface area contributed by atoms with Crippen LogP contribution < -0.4 is 14.8 Å². The van der Waals surface area contributed by atoms with E-state index in [1.807, 2.05) is 28.9 Å². The topological polar surface area (TPSA) is 91.2 Å². The molecule has 28 heavy (non-hydrogen) atoms. The Bertz CT molecular complexity index is 997. The normalized spacial score (nSPS) is 13.2. The maximum absolute atomic E-state index is 12.6. The highest BCUT2D eigenvalue weighted by Gasteiger charge is 2.28. The fraction of sp³-hybridized carbons (Fsp3) is 0.300. The molecule has 1 aliphatic carbocycles. The predicted octanol–water partition coefficient (Wildman–Crippen LogP) is 2.87. The van der Waals surface area contributed by atoms with Crippen LogP contribution in [0.5, 0.6) is 11.5 Å². The van der Waals surface area contributed by atoms with E-state index in [1.54, 1.807) is 32.4 Å². The molecular formula is C20H21N5O3. The van der Waals surface area contributed by atoms with Crippen LogP contribution in [0.25, 0.3) is 11.4 Å². The van der Waals surface area contributed by atoms with Gasteiger partial charge in [0, 0.05) is 16.8 Å². The molecule has 1 heterocycles. The van der Waals surface area contributed by atoms with E-state index in [-0.39, 0.29) is 12.3 Å². The fourth-order valence-electron chi connectivity index (χ4n) is 3.08. The lowest BCUT2D eigenvalue weighted by Crippen LogP contribution is -2.15. The monoisotopic (exact) mass is 379 g/mol. The smallest absolute Gasteiger partial charge is 0.228 e. The van der Waals surface area contributed by atoms with Crippen molar-refractivity contribution in [3.63, 3.8) is 0 Å². The number of carbonyl (C=O) groups is 1. The molecule has 2 aromatic carbocycles. The van der Waals surface area contributed by atoms with Gasteiger partial charge in [0.2, 0.25) is 5.91 Å². The van der Waals surface area contributed by atoms with Crippen molar-refractivity contribution in [3.05, 3.63) is 48.0 Å². The molecule has 144 valence electrons. The number of carbonyl (C=O) groups excluding carboxylic acids is 1. The Morgan fingerprint density at radius 1 is 1.18 bits per heavy atom. The van der Waals surface area contributed by atoms with Gasteiger partial charge in [0.15, 0.2) is 5.82 Å². The highest BCUT2D eigenvalue weighted by molar-refractivity contribution is 5.93. The van der Waals surface area contributed by atoms with Gasteiger partial charge in [-0.2, -0.15) is 0 Å². The number of rotatable bonds is 7. The van der Waals surface area contributed by atoms with Crippen molar-refractivity contribution in [3.8, 4) is 22.9 Å². The fourth-order valence-corrected chi connectivity index (χ4v) is 3.08. The maximum atomic E-state index is 12.6. The van der Waals surface area contributed by atoms with E-state index >= 15 is 0 Å². The lowest BCUT2D eigenvalue weighted by atomic mass is 10.1. The van der Waals surface area contributed by atoms with Gasteiger partial charge in [0.25, 0.3) is 0 Å². The molecule has 0 saturated heterocycles. The minimum absolute atomic E-state index is 0.148. The van der Waals surface area contributed by atoms with E-state index in [4.69, 9.17) is 9.47 Å². The largest absolute Gasteiger partial charge is 0.497 e. The first-order chi connectivity index (χ1) is 13.7. The number of tetrazole rings is 1. The average molecular weight is 379 g/mol. The molecule has 1 amide bonds. The Hall–Kier alpha value is -3.42. The van der Waals surface area contributed by atoms with Crippen molar-refractivity contribution in [2.75, 3.05) is 19.5 Å². The van der Waals surface area contributed by atoms with Gasteiger partial charge in [-0.1, -0.05) is 12.1 Å². The van der Waals surface area contributed by atoms with E-state index in [0.717, 1.165) is 24.0 Å². The Morgan fingerprint density at radius 3 is 2.79 bits per heavy atom. The summed E-state index contributed by atoms with van der Waals surface area (Å²) in [6, 6.07) is 13.3. The van der Waals surface area contributed by atoms with Gasteiger partial charge in [0.05, 0.1) is 26.7 Å². The summed E-state index contributed by atoms with van der Waals surface area (Å²) < 4.78 is 12.4. The number of aromatic nitrogens is 4. The standard InChI is InChI=1S/C20H21N5O3/c1-27-17-8-9-18(28-2)14(11-17)12-19(26)21-15-5-3-4-13(10-15)20-22-23-24-25(20)16-6-7-16/h3-5,8-11,16H,6-7,12H2,1-2H3,(H,21,26). The Morgan fingerprint density at radius 2 is 2.04 bits per heavy atom. The first-order valence-electron chi connectivity index (χ1n) is 9.07. The van der Waals surface area contributed by atoms with Crippen LogP contribution in [0.15, 0.2) is 42.5 Å². The lowest BCUT2D eigenvalue weighted by molar-refractivity contribution is -0.115. The van der Waals surface area contributed by atoms with Gasteiger partial charge in [-0.3, -0.25) is 4.79 Å². The number of benzene rings is 2. The van der Waals surface area contributed by atoms with Crippen LogP contribution in [0.3, 0.4) is 0 Å². The molecule has 0 bridgehead atoms. The number of hydrogen-bond donors (Lipinski definition) is 1. The second kappa shape index (κ2) is 7.67. The molecule has 3 aromatic rings. The number of nitrogens with zero attached hydrogens (tertiary/aromatic N) is 4. The Kier molecular flexibility index (Phi) is 4.92. The second-order valence-corrected chi connectivity index (χ2v) is 6.66. The number of hydrogen-bond acceptors (Lipinski definition) is 6. The van der Waals surface area contributed by atoms with Crippen LogP contribution in [0.1, 0.15) is 24.4 Å². The van der Waals surface area contributed by atoms with E-state index < -0.39 is 0 Å². The van der Waals surface area contributed by atoms with E-state index in [1.165, 1.54) is 0 Å². The molecule has 0 atom stereocenters. The molecule has 1 fully saturated rings. The molecule has 0 radical (unpaired) electrons. The average Bonchev–Trinajstić information content (AvgIpc) is 3.44. The van der Waals surface area contributed by atoms with Crippen molar-refractivity contribution in [2.24, 2.45) is 0 Å². The highest BCUT2D eigenvalue weighted by atomic mass is 16.5. The highest BCUT2D eigenvalue weighted by Crippen LogP contribution is 2.36. The minimum atomic E-state index is -0.148. The molecule has 0 spiro atoms. The minimum Gasteiger partial charge on any atom is -0.497 e. The molecule has 1 N–H and O–H groups in total.